The highest BCUT2D eigenvalue weighted by molar-refractivity contribution is 9.11. The highest BCUT2D eigenvalue weighted by atomic mass is 79.9. The summed E-state index contributed by atoms with van der Waals surface area (Å²) in [5.41, 5.74) is 7.46. The van der Waals surface area contributed by atoms with E-state index >= 15 is 0 Å². The minimum Gasteiger partial charge on any atom is -0.340 e. The minimum atomic E-state index is 0.0198. The summed E-state index contributed by atoms with van der Waals surface area (Å²) in [6.45, 7) is 1.36. The summed E-state index contributed by atoms with van der Waals surface area (Å²) < 4.78 is 1.06. The van der Waals surface area contributed by atoms with Crippen molar-refractivity contribution in [3.63, 3.8) is 0 Å². The van der Waals surface area contributed by atoms with Crippen LogP contribution in [0.4, 0.5) is 0 Å². The van der Waals surface area contributed by atoms with Gasteiger partial charge in [0.15, 0.2) is 0 Å². The number of amides is 1. The van der Waals surface area contributed by atoms with Crippen LogP contribution in [0.15, 0.2) is 46.3 Å². The van der Waals surface area contributed by atoms with Crippen LogP contribution in [-0.4, -0.2) is 29.9 Å². The number of likely N-dealkylation sites (tertiary alicyclic amines) is 1. The molecule has 0 radical (unpaired) electrons. The molecule has 0 spiro atoms. The van der Waals surface area contributed by atoms with Crippen molar-refractivity contribution in [2.24, 2.45) is 5.73 Å². The van der Waals surface area contributed by atoms with Gasteiger partial charge in [-0.15, -0.1) is 11.3 Å². The summed E-state index contributed by atoms with van der Waals surface area (Å²) in [4.78, 5) is 15.4. The van der Waals surface area contributed by atoms with Crippen LogP contribution in [0.2, 0.25) is 0 Å². The molecule has 110 valence electrons. The fourth-order valence-corrected chi connectivity index (χ4v) is 4.27. The Kier molecular flexibility index (Phi) is 4.42. The van der Waals surface area contributed by atoms with Crippen molar-refractivity contribution in [3.05, 3.63) is 56.7 Å². The topological polar surface area (TPSA) is 46.3 Å². The van der Waals surface area contributed by atoms with Gasteiger partial charge in [-0.05, 0) is 33.6 Å². The maximum atomic E-state index is 12.4. The van der Waals surface area contributed by atoms with Gasteiger partial charge in [-0.25, -0.2) is 0 Å². The molecular weight excluding hydrogens is 348 g/mol. The summed E-state index contributed by atoms with van der Waals surface area (Å²) >= 11 is 5.04. The third-order valence-corrected chi connectivity index (χ3v) is 5.52. The number of thiophene rings is 1. The molecule has 0 bridgehead atoms. The first-order valence-corrected chi connectivity index (χ1v) is 8.57. The van der Waals surface area contributed by atoms with Crippen LogP contribution in [0.5, 0.6) is 0 Å². The van der Waals surface area contributed by atoms with Crippen LogP contribution in [0, 0.1) is 0 Å². The van der Waals surface area contributed by atoms with E-state index in [0.29, 0.717) is 13.0 Å². The second-order valence-corrected chi connectivity index (χ2v) is 7.91. The lowest BCUT2D eigenvalue weighted by molar-refractivity contribution is -0.129. The number of hydrogen-bond donors (Lipinski definition) is 1. The number of carbonyl (C=O) groups excluding carboxylic acids is 1. The average molecular weight is 365 g/mol. The molecule has 1 fully saturated rings. The predicted molar refractivity (Wildman–Crippen MR) is 89.5 cm³/mol. The largest absolute Gasteiger partial charge is 0.340 e. The third-order valence-electron chi connectivity index (χ3n) is 3.90. The number of nitrogens with two attached hydrogens (primary N) is 1. The van der Waals surface area contributed by atoms with Crippen molar-refractivity contribution in [2.45, 2.75) is 18.4 Å². The lowest BCUT2D eigenvalue weighted by Gasteiger charge is -2.16. The Hall–Kier alpha value is -1.17. The molecule has 0 saturated carbocycles. The highest BCUT2D eigenvalue weighted by Crippen LogP contribution is 2.28. The summed E-state index contributed by atoms with van der Waals surface area (Å²) in [5.74, 6) is 0.406. The number of hydrogen-bond acceptors (Lipinski definition) is 3. The maximum Gasteiger partial charge on any atom is 0.227 e. The zero-order chi connectivity index (χ0) is 14.8. The van der Waals surface area contributed by atoms with Gasteiger partial charge in [-0.1, -0.05) is 30.3 Å². The molecule has 1 aromatic heterocycles. The Bertz CT molecular complexity index is 628. The quantitative estimate of drug-likeness (QED) is 0.909. The zero-order valence-electron chi connectivity index (χ0n) is 11.5. The van der Waals surface area contributed by atoms with E-state index in [9.17, 15) is 4.79 Å². The van der Waals surface area contributed by atoms with E-state index in [1.807, 2.05) is 35.2 Å². The SMILES string of the molecule is N[C@@H]1CN(C(=O)Cc2ccc(Br)s2)C[C@H]1c1ccccc1. The van der Waals surface area contributed by atoms with Crippen LogP contribution in [-0.2, 0) is 11.2 Å². The first kappa shape index (κ1) is 14.8. The Morgan fingerprint density at radius 2 is 2.00 bits per heavy atom. The number of carbonyl (C=O) groups is 1. The molecule has 1 amide bonds. The van der Waals surface area contributed by atoms with E-state index in [2.05, 4.69) is 28.1 Å². The predicted octanol–water partition coefficient (Wildman–Crippen LogP) is 3.01. The smallest absolute Gasteiger partial charge is 0.227 e. The highest BCUT2D eigenvalue weighted by Gasteiger charge is 2.33. The molecule has 21 heavy (non-hydrogen) atoms. The van der Waals surface area contributed by atoms with Gasteiger partial charge in [0.05, 0.1) is 10.2 Å². The first-order chi connectivity index (χ1) is 10.1. The molecule has 5 heteroatoms. The fourth-order valence-electron chi connectivity index (χ4n) is 2.79. The molecule has 3 nitrogen and oxygen atoms in total. The van der Waals surface area contributed by atoms with Gasteiger partial charge in [0.25, 0.3) is 0 Å². The third kappa shape index (κ3) is 3.36. The van der Waals surface area contributed by atoms with Crippen LogP contribution in [0.25, 0.3) is 0 Å². The molecule has 2 N–H and O–H groups in total. The molecule has 1 aliphatic heterocycles. The summed E-state index contributed by atoms with van der Waals surface area (Å²) in [6, 6.07) is 14.2. The van der Waals surface area contributed by atoms with Gasteiger partial charge in [0.1, 0.15) is 0 Å². The Balaban J connectivity index is 1.66. The Morgan fingerprint density at radius 1 is 1.24 bits per heavy atom. The van der Waals surface area contributed by atoms with Crippen molar-refractivity contribution in [2.75, 3.05) is 13.1 Å². The standard InChI is InChI=1S/C16H17BrN2OS/c17-15-7-6-12(21-15)8-16(20)19-9-13(14(18)10-19)11-4-2-1-3-5-11/h1-7,13-14H,8-10,18H2/t13-,14+/m0/s1. The van der Waals surface area contributed by atoms with Gasteiger partial charge in [0.2, 0.25) is 5.91 Å². The minimum absolute atomic E-state index is 0.0198. The van der Waals surface area contributed by atoms with Crippen LogP contribution in [0.3, 0.4) is 0 Å². The average Bonchev–Trinajstić information content (AvgIpc) is 3.06. The molecule has 3 rings (SSSR count). The van der Waals surface area contributed by atoms with Crippen LogP contribution in [0.1, 0.15) is 16.4 Å². The normalized spacial score (nSPS) is 21.7. The van der Waals surface area contributed by atoms with Crippen molar-refractivity contribution < 1.29 is 4.79 Å². The second-order valence-electron chi connectivity index (χ2n) is 5.36. The van der Waals surface area contributed by atoms with E-state index in [1.54, 1.807) is 11.3 Å². The molecule has 1 aromatic carbocycles. The van der Waals surface area contributed by atoms with E-state index in [1.165, 1.54) is 5.56 Å². The van der Waals surface area contributed by atoms with E-state index < -0.39 is 0 Å². The van der Waals surface area contributed by atoms with Crippen molar-refractivity contribution in [3.8, 4) is 0 Å². The summed E-state index contributed by atoms with van der Waals surface area (Å²) in [6.07, 6.45) is 0.463. The summed E-state index contributed by atoms with van der Waals surface area (Å²) in [5, 5.41) is 0. The molecule has 1 saturated heterocycles. The van der Waals surface area contributed by atoms with E-state index in [-0.39, 0.29) is 17.9 Å². The van der Waals surface area contributed by atoms with E-state index in [4.69, 9.17) is 5.73 Å². The van der Waals surface area contributed by atoms with Crippen molar-refractivity contribution in [1.82, 2.24) is 4.90 Å². The Labute approximate surface area is 136 Å². The number of benzene rings is 1. The maximum absolute atomic E-state index is 12.4. The lowest BCUT2D eigenvalue weighted by atomic mass is 9.95. The molecule has 1 aliphatic rings. The summed E-state index contributed by atoms with van der Waals surface area (Å²) in [7, 11) is 0. The van der Waals surface area contributed by atoms with Crippen LogP contribution < -0.4 is 5.73 Å². The second kappa shape index (κ2) is 6.30. The van der Waals surface area contributed by atoms with Crippen molar-refractivity contribution >= 4 is 33.2 Å². The molecule has 2 aromatic rings. The van der Waals surface area contributed by atoms with Gasteiger partial charge in [-0.2, -0.15) is 0 Å². The zero-order valence-corrected chi connectivity index (χ0v) is 13.9. The number of halogens is 1. The van der Waals surface area contributed by atoms with Gasteiger partial charge in [-0.3, -0.25) is 4.79 Å². The number of rotatable bonds is 3. The monoisotopic (exact) mass is 364 g/mol. The molecule has 0 unspecified atom stereocenters. The van der Waals surface area contributed by atoms with Crippen molar-refractivity contribution in [1.29, 1.82) is 0 Å². The van der Waals surface area contributed by atoms with Crippen LogP contribution >= 0.6 is 27.3 Å². The van der Waals surface area contributed by atoms with E-state index in [0.717, 1.165) is 15.2 Å². The Morgan fingerprint density at radius 3 is 2.67 bits per heavy atom. The molecule has 2 heterocycles. The molecule has 0 aliphatic carbocycles. The lowest BCUT2D eigenvalue weighted by Crippen LogP contribution is -2.32. The van der Waals surface area contributed by atoms with Gasteiger partial charge >= 0.3 is 0 Å². The first-order valence-electron chi connectivity index (χ1n) is 6.96. The van der Waals surface area contributed by atoms with Gasteiger partial charge < -0.3 is 10.6 Å². The van der Waals surface area contributed by atoms with Gasteiger partial charge in [0, 0.05) is 29.9 Å². The fraction of sp³-hybridized carbons (Fsp3) is 0.312. The molecular formula is C16H17BrN2OS. The number of nitrogens with zero attached hydrogens (tertiary/aromatic N) is 1. The molecule has 2 atom stereocenters.